The van der Waals surface area contributed by atoms with Crippen LogP contribution in [-0.2, 0) is 4.79 Å². The van der Waals surface area contributed by atoms with Gasteiger partial charge in [-0.2, -0.15) is 0 Å². The fourth-order valence-electron chi connectivity index (χ4n) is 2.46. The molecule has 0 aliphatic carbocycles. The first-order valence-electron chi connectivity index (χ1n) is 7.88. The van der Waals surface area contributed by atoms with E-state index in [0.29, 0.717) is 22.2 Å². The summed E-state index contributed by atoms with van der Waals surface area (Å²) in [6, 6.07) is 12.5. The van der Waals surface area contributed by atoms with Gasteiger partial charge in [-0.1, -0.05) is 30.3 Å². The van der Waals surface area contributed by atoms with Gasteiger partial charge in [-0.15, -0.1) is 0 Å². The van der Waals surface area contributed by atoms with Crippen LogP contribution in [0.2, 0.25) is 0 Å². The van der Waals surface area contributed by atoms with Crippen molar-refractivity contribution in [2.24, 2.45) is 4.99 Å². The fraction of sp³-hybridized carbons (Fsp3) is 0.105. The summed E-state index contributed by atoms with van der Waals surface area (Å²) in [5, 5.41) is 9.65. The second-order valence-corrected chi connectivity index (χ2v) is 6.41. The summed E-state index contributed by atoms with van der Waals surface area (Å²) in [4.78, 5) is 30.1. The van der Waals surface area contributed by atoms with Crippen molar-refractivity contribution in [1.82, 2.24) is 4.90 Å². The Bertz CT molecular complexity index is 940. The van der Waals surface area contributed by atoms with Crippen molar-refractivity contribution in [2.45, 2.75) is 6.92 Å². The van der Waals surface area contributed by atoms with E-state index in [1.807, 2.05) is 0 Å². The molecule has 1 amide bonds. The SMILES string of the molecule is CCN1C(=O)/C(=C/c2ccccc2F)SC1=Nc1ccccc1C(=O)O. The first-order valence-corrected chi connectivity index (χ1v) is 8.70. The monoisotopic (exact) mass is 370 g/mol. The molecule has 0 unspecified atom stereocenters. The van der Waals surface area contributed by atoms with Gasteiger partial charge in [0, 0.05) is 12.1 Å². The molecule has 1 fully saturated rings. The van der Waals surface area contributed by atoms with Gasteiger partial charge in [0.2, 0.25) is 0 Å². The van der Waals surface area contributed by atoms with E-state index in [-0.39, 0.29) is 17.2 Å². The van der Waals surface area contributed by atoms with Crippen LogP contribution in [0.3, 0.4) is 0 Å². The molecule has 3 rings (SSSR count). The van der Waals surface area contributed by atoms with Crippen LogP contribution in [0.1, 0.15) is 22.8 Å². The van der Waals surface area contributed by atoms with E-state index in [4.69, 9.17) is 0 Å². The highest BCUT2D eigenvalue weighted by atomic mass is 32.2. The highest BCUT2D eigenvalue weighted by molar-refractivity contribution is 8.18. The molecule has 0 atom stereocenters. The number of nitrogens with zero attached hydrogens (tertiary/aromatic N) is 2. The first kappa shape index (κ1) is 17.9. The van der Waals surface area contributed by atoms with Gasteiger partial charge in [0.05, 0.1) is 16.2 Å². The number of carbonyl (C=O) groups excluding carboxylic acids is 1. The molecule has 1 heterocycles. The van der Waals surface area contributed by atoms with E-state index in [1.54, 1.807) is 43.3 Å². The van der Waals surface area contributed by atoms with Crippen LogP contribution in [0, 0.1) is 5.82 Å². The van der Waals surface area contributed by atoms with E-state index < -0.39 is 11.8 Å². The number of amides is 1. The smallest absolute Gasteiger partial charge is 0.337 e. The molecule has 0 bridgehead atoms. The van der Waals surface area contributed by atoms with Gasteiger partial charge in [-0.05, 0) is 43.0 Å². The molecule has 0 saturated carbocycles. The quantitative estimate of drug-likeness (QED) is 0.821. The van der Waals surface area contributed by atoms with E-state index in [2.05, 4.69) is 4.99 Å². The number of hydrogen-bond acceptors (Lipinski definition) is 4. The highest BCUT2D eigenvalue weighted by Gasteiger charge is 2.32. The number of carboxylic acid groups (broad SMARTS) is 1. The molecule has 1 saturated heterocycles. The van der Waals surface area contributed by atoms with Gasteiger partial charge < -0.3 is 5.11 Å². The molecule has 2 aromatic carbocycles. The molecular weight excluding hydrogens is 355 g/mol. The lowest BCUT2D eigenvalue weighted by Gasteiger charge is -2.12. The minimum absolute atomic E-state index is 0.0515. The van der Waals surface area contributed by atoms with Crippen LogP contribution in [0.15, 0.2) is 58.4 Å². The van der Waals surface area contributed by atoms with Gasteiger partial charge in [-0.3, -0.25) is 9.69 Å². The molecule has 1 aliphatic heterocycles. The third-order valence-electron chi connectivity index (χ3n) is 3.75. The van der Waals surface area contributed by atoms with Crippen LogP contribution >= 0.6 is 11.8 Å². The predicted molar refractivity (Wildman–Crippen MR) is 99.9 cm³/mol. The lowest BCUT2D eigenvalue weighted by molar-refractivity contribution is -0.122. The number of halogens is 1. The Kier molecular flexibility index (Phi) is 5.18. The number of thioether (sulfide) groups is 1. The molecule has 5 nitrogen and oxygen atoms in total. The van der Waals surface area contributed by atoms with Gasteiger partial charge in [0.25, 0.3) is 5.91 Å². The van der Waals surface area contributed by atoms with Crippen LogP contribution in [0.5, 0.6) is 0 Å². The summed E-state index contributed by atoms with van der Waals surface area (Å²) in [5.74, 6) is -1.80. The summed E-state index contributed by atoms with van der Waals surface area (Å²) in [7, 11) is 0. The normalized spacial score (nSPS) is 17.3. The number of para-hydroxylation sites is 1. The molecule has 132 valence electrons. The van der Waals surface area contributed by atoms with Crippen LogP contribution in [-0.4, -0.2) is 33.6 Å². The maximum atomic E-state index is 13.9. The molecule has 0 aromatic heterocycles. The maximum absolute atomic E-state index is 13.9. The summed E-state index contributed by atoms with van der Waals surface area (Å²) < 4.78 is 13.9. The average molecular weight is 370 g/mol. The number of benzene rings is 2. The largest absolute Gasteiger partial charge is 0.478 e. The van der Waals surface area contributed by atoms with Crippen molar-refractivity contribution in [1.29, 1.82) is 0 Å². The van der Waals surface area contributed by atoms with Gasteiger partial charge in [0.1, 0.15) is 5.82 Å². The topological polar surface area (TPSA) is 70.0 Å². The van der Waals surface area contributed by atoms with Gasteiger partial charge in [-0.25, -0.2) is 14.2 Å². The van der Waals surface area contributed by atoms with Crippen molar-refractivity contribution >= 4 is 40.6 Å². The van der Waals surface area contributed by atoms with Crippen molar-refractivity contribution in [3.63, 3.8) is 0 Å². The predicted octanol–water partition coefficient (Wildman–Crippen LogP) is 4.15. The van der Waals surface area contributed by atoms with E-state index >= 15 is 0 Å². The lowest BCUT2D eigenvalue weighted by Crippen LogP contribution is -2.28. The standard InChI is InChI=1S/C19H15FN2O3S/c1-2-22-17(23)16(11-12-7-3-5-9-14(12)20)26-19(22)21-15-10-6-4-8-13(15)18(24)25/h3-11H,2H2,1H3,(H,24,25)/b16-11-,21-19?. The summed E-state index contributed by atoms with van der Waals surface area (Å²) >= 11 is 1.10. The molecule has 0 spiro atoms. The number of likely N-dealkylation sites (N-methyl/N-ethyl adjacent to an activating group) is 1. The Balaban J connectivity index is 2.01. The Labute approximate surface area is 153 Å². The van der Waals surface area contributed by atoms with Crippen LogP contribution in [0.25, 0.3) is 6.08 Å². The van der Waals surface area contributed by atoms with E-state index in [0.717, 1.165) is 11.8 Å². The van der Waals surface area contributed by atoms with E-state index in [1.165, 1.54) is 23.1 Å². The van der Waals surface area contributed by atoms with E-state index in [9.17, 15) is 19.1 Å². The lowest BCUT2D eigenvalue weighted by atomic mass is 10.2. The Morgan fingerprint density at radius 3 is 2.62 bits per heavy atom. The fourth-order valence-corrected chi connectivity index (χ4v) is 3.50. The minimum Gasteiger partial charge on any atom is -0.478 e. The van der Waals surface area contributed by atoms with Crippen molar-refractivity contribution in [3.8, 4) is 0 Å². The minimum atomic E-state index is -1.09. The molecular formula is C19H15FN2O3S. The van der Waals surface area contributed by atoms with Gasteiger partial charge >= 0.3 is 5.97 Å². The molecule has 7 heteroatoms. The Morgan fingerprint density at radius 1 is 1.23 bits per heavy atom. The highest BCUT2D eigenvalue weighted by Crippen LogP contribution is 2.34. The van der Waals surface area contributed by atoms with Crippen molar-refractivity contribution in [3.05, 3.63) is 70.4 Å². The average Bonchev–Trinajstić information content (AvgIpc) is 2.92. The van der Waals surface area contributed by atoms with Crippen molar-refractivity contribution < 1.29 is 19.1 Å². The summed E-state index contributed by atoms with van der Waals surface area (Å²) in [5.41, 5.74) is 0.628. The second kappa shape index (κ2) is 7.53. The molecule has 1 aliphatic rings. The third-order valence-corrected chi connectivity index (χ3v) is 4.75. The number of hydrogen-bond donors (Lipinski definition) is 1. The molecule has 0 radical (unpaired) electrons. The zero-order chi connectivity index (χ0) is 18.7. The maximum Gasteiger partial charge on any atom is 0.337 e. The Hall–Kier alpha value is -2.93. The van der Waals surface area contributed by atoms with Crippen molar-refractivity contribution in [2.75, 3.05) is 6.54 Å². The number of carboxylic acids is 1. The van der Waals surface area contributed by atoms with Crippen LogP contribution < -0.4 is 0 Å². The number of aromatic carboxylic acids is 1. The number of aliphatic imine (C=N–C) groups is 1. The Morgan fingerprint density at radius 2 is 1.92 bits per heavy atom. The zero-order valence-corrected chi connectivity index (χ0v) is 14.7. The van der Waals surface area contributed by atoms with Gasteiger partial charge in [0.15, 0.2) is 5.17 Å². The third kappa shape index (κ3) is 3.52. The first-order chi connectivity index (χ1) is 12.5. The number of rotatable bonds is 4. The number of carbonyl (C=O) groups is 2. The second-order valence-electron chi connectivity index (χ2n) is 5.40. The molecule has 1 N–H and O–H groups in total. The van der Waals surface area contributed by atoms with Crippen LogP contribution in [0.4, 0.5) is 10.1 Å². The zero-order valence-electron chi connectivity index (χ0n) is 13.8. The number of amidine groups is 1. The summed E-state index contributed by atoms with van der Waals surface area (Å²) in [6.07, 6.45) is 1.48. The summed E-state index contributed by atoms with van der Waals surface area (Å²) in [6.45, 7) is 2.16. The molecule has 26 heavy (non-hydrogen) atoms. The molecule has 2 aromatic rings.